The molecule has 0 radical (unpaired) electrons. The molecule has 30 heavy (non-hydrogen) atoms. The Labute approximate surface area is 176 Å². The zero-order valence-electron chi connectivity index (χ0n) is 16.4. The Morgan fingerprint density at radius 2 is 1.70 bits per heavy atom. The number of carbonyl (C=O) groups excluding carboxylic acids is 2. The van der Waals surface area contributed by atoms with Crippen LogP contribution in [0.2, 0.25) is 0 Å². The van der Waals surface area contributed by atoms with E-state index in [1.54, 1.807) is 24.3 Å². The molecular weight excluding hydrogens is 412 g/mol. The van der Waals surface area contributed by atoms with Crippen LogP contribution in [0.1, 0.15) is 11.1 Å². The van der Waals surface area contributed by atoms with Crippen LogP contribution < -0.4 is 14.2 Å². The molecule has 0 N–H and O–H groups in total. The smallest absolute Gasteiger partial charge is 0.293 e. The highest BCUT2D eigenvalue weighted by Gasteiger charge is 2.35. The van der Waals surface area contributed by atoms with Gasteiger partial charge in [-0.3, -0.25) is 24.6 Å². The molecule has 0 aliphatic carbocycles. The van der Waals surface area contributed by atoms with Crippen LogP contribution in [0.5, 0.6) is 17.2 Å². The van der Waals surface area contributed by atoms with E-state index in [0.717, 1.165) is 16.7 Å². The van der Waals surface area contributed by atoms with Gasteiger partial charge in [-0.25, -0.2) is 0 Å². The Kier molecular flexibility index (Phi) is 6.26. The number of thioether (sulfide) groups is 1. The summed E-state index contributed by atoms with van der Waals surface area (Å²) in [4.78, 5) is 36.9. The number of imide groups is 1. The second-order valence-electron chi connectivity index (χ2n) is 6.14. The highest BCUT2D eigenvalue weighted by atomic mass is 32.2. The van der Waals surface area contributed by atoms with Crippen molar-refractivity contribution in [3.8, 4) is 17.2 Å². The number of benzene rings is 2. The van der Waals surface area contributed by atoms with E-state index in [0.29, 0.717) is 28.4 Å². The Morgan fingerprint density at radius 1 is 1.03 bits per heavy atom. The third-order valence-electron chi connectivity index (χ3n) is 4.36. The van der Waals surface area contributed by atoms with Crippen molar-refractivity contribution in [1.29, 1.82) is 0 Å². The molecule has 0 aromatic heterocycles. The van der Waals surface area contributed by atoms with Gasteiger partial charge in [-0.2, -0.15) is 0 Å². The van der Waals surface area contributed by atoms with Crippen LogP contribution in [0.25, 0.3) is 6.08 Å². The van der Waals surface area contributed by atoms with Crippen molar-refractivity contribution in [1.82, 2.24) is 4.90 Å². The van der Waals surface area contributed by atoms with E-state index in [-0.39, 0.29) is 17.1 Å². The lowest BCUT2D eigenvalue weighted by atomic mass is 10.1. The van der Waals surface area contributed by atoms with Gasteiger partial charge >= 0.3 is 0 Å². The molecule has 1 aliphatic heterocycles. The average Bonchev–Trinajstić information content (AvgIpc) is 3.00. The van der Waals surface area contributed by atoms with Crippen molar-refractivity contribution in [2.45, 2.75) is 6.54 Å². The fourth-order valence-electron chi connectivity index (χ4n) is 2.89. The van der Waals surface area contributed by atoms with Gasteiger partial charge in [0.1, 0.15) is 5.75 Å². The number of methoxy groups -OCH3 is 3. The summed E-state index contributed by atoms with van der Waals surface area (Å²) >= 11 is 0.786. The second-order valence-corrected chi connectivity index (χ2v) is 7.14. The summed E-state index contributed by atoms with van der Waals surface area (Å²) < 4.78 is 15.9. The molecule has 9 nitrogen and oxygen atoms in total. The molecule has 3 rings (SSSR count). The zero-order chi connectivity index (χ0) is 21.8. The maximum absolute atomic E-state index is 12.8. The zero-order valence-corrected chi connectivity index (χ0v) is 17.2. The minimum Gasteiger partial charge on any atom is -0.496 e. The van der Waals surface area contributed by atoms with E-state index in [9.17, 15) is 19.7 Å². The van der Waals surface area contributed by atoms with Gasteiger partial charge < -0.3 is 14.2 Å². The lowest BCUT2D eigenvalue weighted by Crippen LogP contribution is -2.27. The van der Waals surface area contributed by atoms with Gasteiger partial charge in [0.15, 0.2) is 11.5 Å². The van der Waals surface area contributed by atoms with E-state index >= 15 is 0 Å². The van der Waals surface area contributed by atoms with Gasteiger partial charge in [0.05, 0.1) is 37.7 Å². The summed E-state index contributed by atoms with van der Waals surface area (Å²) in [5, 5.41) is 10.5. The first-order valence-electron chi connectivity index (χ1n) is 8.66. The summed E-state index contributed by atoms with van der Waals surface area (Å²) in [5.41, 5.74) is 0.914. The molecule has 0 unspecified atom stereocenters. The van der Waals surface area contributed by atoms with Crippen LogP contribution in [0, 0.1) is 10.1 Å². The molecule has 10 heteroatoms. The topological polar surface area (TPSA) is 108 Å². The minimum atomic E-state index is -0.527. The molecule has 156 valence electrons. The SMILES string of the molecule is COc1cc(OC)c(OC)cc1C=C1SC(=O)N(Cc2cccc([N+](=O)[O-])c2)C1=O. The number of non-ortho nitro benzene ring substituents is 1. The summed E-state index contributed by atoms with van der Waals surface area (Å²) in [6.07, 6.45) is 1.54. The van der Waals surface area contributed by atoms with Gasteiger partial charge in [-0.05, 0) is 29.5 Å². The third-order valence-corrected chi connectivity index (χ3v) is 5.27. The van der Waals surface area contributed by atoms with Gasteiger partial charge in [0.2, 0.25) is 0 Å². The minimum absolute atomic E-state index is 0.0627. The number of carbonyl (C=O) groups is 2. The molecular formula is C20H18N2O7S. The Hall–Kier alpha value is -3.53. The lowest BCUT2D eigenvalue weighted by Gasteiger charge is -2.13. The monoisotopic (exact) mass is 430 g/mol. The standard InChI is InChI=1S/C20H18N2O7S/c1-27-15-10-17(29-3)16(28-2)8-13(15)9-18-19(23)21(20(24)30-18)11-12-5-4-6-14(7-12)22(25)26/h4-10H,11H2,1-3H3. The number of amides is 2. The van der Waals surface area contributed by atoms with Crippen LogP contribution in [-0.4, -0.2) is 42.3 Å². The third kappa shape index (κ3) is 4.23. The molecule has 0 spiro atoms. The van der Waals surface area contributed by atoms with Gasteiger partial charge in [-0.15, -0.1) is 0 Å². The molecule has 1 saturated heterocycles. The Morgan fingerprint density at radius 3 is 2.33 bits per heavy atom. The molecule has 1 heterocycles. The van der Waals surface area contributed by atoms with Crippen LogP contribution in [0.3, 0.4) is 0 Å². The summed E-state index contributed by atoms with van der Waals surface area (Å²) in [7, 11) is 4.46. The number of hydrogen-bond donors (Lipinski definition) is 0. The highest BCUT2D eigenvalue weighted by molar-refractivity contribution is 8.18. The number of nitro groups is 1. The summed E-state index contributed by atoms with van der Waals surface area (Å²) in [6, 6.07) is 9.09. The van der Waals surface area contributed by atoms with E-state index in [4.69, 9.17) is 14.2 Å². The lowest BCUT2D eigenvalue weighted by molar-refractivity contribution is -0.384. The summed E-state index contributed by atoms with van der Waals surface area (Å²) in [6.45, 7) is -0.0627. The molecule has 0 bridgehead atoms. The number of nitrogens with zero attached hydrogens (tertiary/aromatic N) is 2. The normalized spacial score (nSPS) is 14.9. The fourth-order valence-corrected chi connectivity index (χ4v) is 3.72. The Balaban J connectivity index is 1.90. The maximum Gasteiger partial charge on any atom is 0.293 e. The van der Waals surface area contributed by atoms with E-state index in [2.05, 4.69) is 0 Å². The maximum atomic E-state index is 12.8. The Bertz CT molecular complexity index is 1050. The van der Waals surface area contributed by atoms with E-state index < -0.39 is 16.1 Å². The fraction of sp³-hybridized carbons (Fsp3) is 0.200. The van der Waals surface area contributed by atoms with Crippen LogP contribution in [-0.2, 0) is 11.3 Å². The van der Waals surface area contributed by atoms with Gasteiger partial charge in [0, 0.05) is 23.8 Å². The van der Waals surface area contributed by atoms with Crippen molar-refractivity contribution < 1.29 is 28.7 Å². The van der Waals surface area contributed by atoms with Crippen molar-refractivity contribution in [3.63, 3.8) is 0 Å². The number of rotatable bonds is 7. The van der Waals surface area contributed by atoms with Crippen molar-refractivity contribution >= 4 is 34.7 Å². The van der Waals surface area contributed by atoms with E-state index in [1.807, 2.05) is 0 Å². The van der Waals surface area contributed by atoms with Crippen molar-refractivity contribution in [2.24, 2.45) is 0 Å². The molecule has 1 fully saturated rings. The molecule has 2 aromatic rings. The first-order valence-corrected chi connectivity index (χ1v) is 9.48. The molecule has 2 aromatic carbocycles. The molecule has 0 saturated carbocycles. The van der Waals surface area contributed by atoms with Crippen LogP contribution >= 0.6 is 11.8 Å². The van der Waals surface area contributed by atoms with Crippen LogP contribution in [0.15, 0.2) is 41.3 Å². The predicted molar refractivity (Wildman–Crippen MR) is 111 cm³/mol. The predicted octanol–water partition coefficient (Wildman–Crippen LogP) is 3.86. The first-order chi connectivity index (χ1) is 14.4. The molecule has 2 amide bonds. The number of ether oxygens (including phenoxy) is 3. The molecule has 1 aliphatic rings. The van der Waals surface area contributed by atoms with Gasteiger partial charge in [0.25, 0.3) is 16.8 Å². The second kappa shape index (κ2) is 8.87. The quantitative estimate of drug-likeness (QED) is 0.370. The van der Waals surface area contributed by atoms with Crippen molar-refractivity contribution in [3.05, 3.63) is 62.5 Å². The van der Waals surface area contributed by atoms with Crippen LogP contribution in [0.4, 0.5) is 10.5 Å². The first kappa shape index (κ1) is 21.2. The van der Waals surface area contributed by atoms with E-state index in [1.165, 1.54) is 39.5 Å². The highest BCUT2D eigenvalue weighted by Crippen LogP contribution is 2.39. The number of nitro benzene ring substituents is 1. The summed E-state index contributed by atoms with van der Waals surface area (Å²) in [5.74, 6) is 0.858. The average molecular weight is 430 g/mol. The van der Waals surface area contributed by atoms with Gasteiger partial charge in [-0.1, -0.05) is 12.1 Å². The largest absolute Gasteiger partial charge is 0.496 e. The number of hydrogen-bond acceptors (Lipinski definition) is 8. The van der Waals surface area contributed by atoms with Crippen molar-refractivity contribution in [2.75, 3.05) is 21.3 Å². The molecule has 0 atom stereocenters.